The topological polar surface area (TPSA) is 36.2 Å². The number of nitrogens with one attached hydrogen (secondary N) is 1. The lowest BCUT2D eigenvalue weighted by Gasteiger charge is -2.16. The number of nitrogens with zero attached hydrogens (tertiary/aromatic N) is 2. The van der Waals surface area contributed by atoms with Crippen LogP contribution in [0.25, 0.3) is 0 Å². The van der Waals surface area contributed by atoms with Gasteiger partial charge in [-0.1, -0.05) is 6.07 Å². The Bertz CT molecular complexity index is 444. The molecular formula is C14H20Cl2N3O+. The third kappa shape index (κ3) is 3.62. The van der Waals surface area contributed by atoms with Crippen molar-refractivity contribution >= 4 is 29.2 Å². The minimum Gasteiger partial charge on any atom is -0.316 e. The number of amides is 1. The zero-order valence-electron chi connectivity index (χ0n) is 11.4. The smallest absolute Gasteiger partial charge is 0.316 e. The normalized spacial score (nSPS) is 18.2. The van der Waals surface area contributed by atoms with Gasteiger partial charge >= 0.3 is 6.03 Å². The van der Waals surface area contributed by atoms with Gasteiger partial charge in [0, 0.05) is 12.5 Å². The van der Waals surface area contributed by atoms with E-state index in [0.717, 1.165) is 25.2 Å². The Kier molecular flexibility index (Phi) is 6.07. The Hall–Kier alpha value is -0.840. The summed E-state index contributed by atoms with van der Waals surface area (Å²) in [7, 11) is 0. The van der Waals surface area contributed by atoms with E-state index in [4.69, 9.17) is 23.2 Å². The summed E-state index contributed by atoms with van der Waals surface area (Å²) in [5.41, 5.74) is 1.05. The predicted octanol–water partition coefficient (Wildman–Crippen LogP) is 1.80. The first-order valence-electron chi connectivity index (χ1n) is 6.90. The zero-order chi connectivity index (χ0) is 14.4. The van der Waals surface area contributed by atoms with Crippen LogP contribution in [0.5, 0.6) is 0 Å². The second kappa shape index (κ2) is 7.81. The van der Waals surface area contributed by atoms with Crippen LogP contribution >= 0.6 is 23.2 Å². The highest BCUT2D eigenvalue weighted by atomic mass is 35.5. The molecule has 6 heteroatoms. The molecule has 0 spiro atoms. The van der Waals surface area contributed by atoms with Crippen molar-refractivity contribution in [2.45, 2.75) is 12.3 Å². The zero-order valence-corrected chi connectivity index (χ0v) is 12.9. The van der Waals surface area contributed by atoms with Crippen LogP contribution in [0.3, 0.4) is 0 Å². The van der Waals surface area contributed by atoms with E-state index in [-0.39, 0.29) is 6.03 Å². The average molecular weight is 317 g/mol. The first kappa shape index (κ1) is 15.5. The van der Waals surface area contributed by atoms with Gasteiger partial charge in [0.05, 0.1) is 18.0 Å². The average Bonchev–Trinajstić information content (AvgIpc) is 3.00. The van der Waals surface area contributed by atoms with E-state index in [1.165, 1.54) is 0 Å². The summed E-state index contributed by atoms with van der Waals surface area (Å²) in [6.07, 6.45) is 2.88. The van der Waals surface area contributed by atoms with Crippen LogP contribution in [0.1, 0.15) is 18.0 Å². The van der Waals surface area contributed by atoms with Gasteiger partial charge in [-0.2, -0.15) is 9.36 Å². The third-order valence-electron chi connectivity index (χ3n) is 3.56. The van der Waals surface area contributed by atoms with Crippen molar-refractivity contribution in [3.63, 3.8) is 0 Å². The summed E-state index contributed by atoms with van der Waals surface area (Å²) < 4.78 is 1.73. The third-order valence-corrected chi connectivity index (χ3v) is 3.89. The minimum atomic E-state index is -0.0474. The highest BCUT2D eigenvalue weighted by Gasteiger charge is 2.30. The van der Waals surface area contributed by atoms with Crippen molar-refractivity contribution in [2.75, 3.05) is 37.9 Å². The lowest BCUT2D eigenvalue weighted by atomic mass is 10.0. The molecule has 1 aliphatic rings. The molecule has 1 aliphatic heterocycles. The number of alkyl halides is 2. The fourth-order valence-electron chi connectivity index (χ4n) is 2.53. The lowest BCUT2D eigenvalue weighted by molar-refractivity contribution is -0.588. The van der Waals surface area contributed by atoms with E-state index in [9.17, 15) is 4.79 Å². The Morgan fingerprint density at radius 1 is 1.35 bits per heavy atom. The SMILES string of the molecule is O=C(N(CCCl)CCCl)[n+]1ccccc1C1CCNC1. The maximum absolute atomic E-state index is 12.7. The maximum atomic E-state index is 12.7. The van der Waals surface area contributed by atoms with E-state index < -0.39 is 0 Å². The summed E-state index contributed by atoms with van der Waals surface area (Å²) in [6.45, 7) is 2.94. The van der Waals surface area contributed by atoms with Gasteiger partial charge in [0.15, 0.2) is 0 Å². The van der Waals surface area contributed by atoms with Crippen LogP contribution in [0.15, 0.2) is 24.4 Å². The second-order valence-corrected chi connectivity index (χ2v) is 5.59. The molecule has 1 unspecified atom stereocenters. The summed E-state index contributed by atoms with van der Waals surface area (Å²) >= 11 is 11.5. The standard InChI is InChI=1S/C14H20Cl2N3O/c15-5-9-18(10-6-16)14(20)19-8-2-1-3-13(19)12-4-7-17-11-12/h1-3,8,12,17H,4-7,9-11H2/q+1. The first-order valence-corrected chi connectivity index (χ1v) is 7.97. The molecule has 2 heterocycles. The van der Waals surface area contributed by atoms with Gasteiger partial charge < -0.3 is 5.32 Å². The number of pyridine rings is 1. The van der Waals surface area contributed by atoms with Crippen LogP contribution in [0, 0.1) is 0 Å². The fraction of sp³-hybridized carbons (Fsp3) is 0.571. The van der Waals surface area contributed by atoms with Crippen molar-refractivity contribution in [1.29, 1.82) is 0 Å². The largest absolute Gasteiger partial charge is 0.498 e. The van der Waals surface area contributed by atoms with Gasteiger partial charge in [-0.05, 0) is 25.1 Å². The quantitative estimate of drug-likeness (QED) is 0.664. The summed E-state index contributed by atoms with van der Waals surface area (Å²) in [5.74, 6) is 1.21. The molecule has 0 aliphatic carbocycles. The second-order valence-electron chi connectivity index (χ2n) is 4.83. The summed E-state index contributed by atoms with van der Waals surface area (Å²) in [5, 5.41) is 3.34. The molecule has 1 saturated heterocycles. The van der Waals surface area contributed by atoms with Gasteiger partial charge in [-0.3, -0.25) is 0 Å². The van der Waals surface area contributed by atoms with Crippen LogP contribution in [-0.4, -0.2) is 48.9 Å². The van der Waals surface area contributed by atoms with E-state index in [0.29, 0.717) is 30.8 Å². The molecule has 0 bridgehead atoms. The van der Waals surface area contributed by atoms with Crippen molar-refractivity contribution in [3.05, 3.63) is 30.1 Å². The number of aromatic nitrogens is 1. The molecule has 110 valence electrons. The number of carbonyl (C=O) groups is 1. The van der Waals surface area contributed by atoms with Gasteiger partial charge in [-0.15, -0.1) is 23.2 Å². The van der Waals surface area contributed by atoms with Gasteiger partial charge in [-0.25, -0.2) is 4.90 Å². The van der Waals surface area contributed by atoms with E-state index >= 15 is 0 Å². The molecule has 1 N–H and O–H groups in total. The number of hydrogen-bond acceptors (Lipinski definition) is 2. The van der Waals surface area contributed by atoms with Crippen LogP contribution < -0.4 is 9.88 Å². The fourth-order valence-corrected chi connectivity index (χ4v) is 2.94. The molecule has 1 aromatic rings. The molecule has 1 atom stereocenters. The Balaban J connectivity index is 2.23. The van der Waals surface area contributed by atoms with Crippen LogP contribution in [0.2, 0.25) is 0 Å². The Labute approximate surface area is 129 Å². The van der Waals surface area contributed by atoms with E-state index in [1.54, 1.807) is 9.47 Å². The van der Waals surface area contributed by atoms with E-state index in [2.05, 4.69) is 5.32 Å². The molecule has 1 amide bonds. The summed E-state index contributed by atoms with van der Waals surface area (Å²) in [4.78, 5) is 14.4. The van der Waals surface area contributed by atoms with Crippen molar-refractivity contribution in [1.82, 2.24) is 10.2 Å². The lowest BCUT2D eigenvalue weighted by Crippen LogP contribution is -2.56. The monoisotopic (exact) mass is 316 g/mol. The molecule has 2 rings (SSSR count). The Morgan fingerprint density at radius 2 is 2.10 bits per heavy atom. The van der Waals surface area contributed by atoms with Crippen LogP contribution in [-0.2, 0) is 0 Å². The molecule has 20 heavy (non-hydrogen) atoms. The van der Waals surface area contributed by atoms with Crippen molar-refractivity contribution in [3.8, 4) is 0 Å². The molecule has 0 radical (unpaired) electrons. The molecule has 4 nitrogen and oxygen atoms in total. The minimum absolute atomic E-state index is 0.0474. The van der Waals surface area contributed by atoms with Gasteiger partial charge in [0.1, 0.15) is 18.8 Å². The molecule has 0 aromatic carbocycles. The van der Waals surface area contributed by atoms with Gasteiger partial charge in [0.2, 0.25) is 0 Å². The van der Waals surface area contributed by atoms with Gasteiger partial charge in [0.25, 0.3) is 0 Å². The highest BCUT2D eigenvalue weighted by molar-refractivity contribution is 6.18. The molecule has 0 saturated carbocycles. The number of carbonyl (C=O) groups excluding carboxylic acids is 1. The van der Waals surface area contributed by atoms with Crippen LogP contribution in [0.4, 0.5) is 4.79 Å². The number of rotatable bonds is 5. The highest BCUT2D eigenvalue weighted by Crippen LogP contribution is 2.18. The molecule has 1 aromatic heterocycles. The maximum Gasteiger partial charge on any atom is 0.498 e. The predicted molar refractivity (Wildman–Crippen MR) is 80.7 cm³/mol. The number of hydrogen-bond donors (Lipinski definition) is 1. The first-order chi connectivity index (χ1) is 9.77. The summed E-state index contributed by atoms with van der Waals surface area (Å²) in [6, 6.07) is 5.83. The number of halogens is 2. The molecule has 1 fully saturated rings. The van der Waals surface area contributed by atoms with E-state index in [1.807, 2.05) is 24.4 Å². The van der Waals surface area contributed by atoms with Crippen molar-refractivity contribution in [2.24, 2.45) is 0 Å². The Morgan fingerprint density at radius 3 is 2.70 bits per heavy atom. The van der Waals surface area contributed by atoms with Crippen molar-refractivity contribution < 1.29 is 9.36 Å². The molecular weight excluding hydrogens is 297 g/mol.